The van der Waals surface area contributed by atoms with Crippen molar-refractivity contribution in [2.24, 2.45) is 0 Å². The number of aromatic nitrogens is 2. The Morgan fingerprint density at radius 2 is 1.93 bits per heavy atom. The average Bonchev–Trinajstić information content (AvgIpc) is 3.28. The number of carbonyl (C=O) groups is 1. The number of piperidine rings is 1. The van der Waals surface area contributed by atoms with Gasteiger partial charge in [-0.25, -0.2) is 13.4 Å². The van der Waals surface area contributed by atoms with Crippen LogP contribution in [0.5, 0.6) is 5.75 Å². The van der Waals surface area contributed by atoms with Crippen LogP contribution in [0.3, 0.4) is 0 Å². The Labute approximate surface area is 172 Å². The summed E-state index contributed by atoms with van der Waals surface area (Å²) >= 11 is 0. The third-order valence-electron chi connectivity index (χ3n) is 5.44. The van der Waals surface area contributed by atoms with Crippen molar-refractivity contribution >= 4 is 15.9 Å². The number of rotatable bonds is 7. The van der Waals surface area contributed by atoms with Gasteiger partial charge in [-0.1, -0.05) is 13.8 Å². The highest BCUT2D eigenvalue weighted by molar-refractivity contribution is 7.89. The molecule has 1 aromatic heterocycles. The molecular formula is C20H28N4O4S. The van der Waals surface area contributed by atoms with Crippen LogP contribution >= 0.6 is 0 Å². The summed E-state index contributed by atoms with van der Waals surface area (Å²) in [5, 5.41) is 0. The van der Waals surface area contributed by atoms with E-state index >= 15 is 0 Å². The smallest absolute Gasteiger partial charge is 0.257 e. The number of amides is 1. The number of carbonyl (C=O) groups excluding carboxylic acids is 1. The number of benzene rings is 1. The number of hydrogen-bond donors (Lipinski definition) is 0. The molecule has 158 valence electrons. The van der Waals surface area contributed by atoms with Gasteiger partial charge in [-0.15, -0.1) is 0 Å². The molecule has 29 heavy (non-hydrogen) atoms. The second-order valence-corrected chi connectivity index (χ2v) is 8.92. The van der Waals surface area contributed by atoms with Gasteiger partial charge >= 0.3 is 0 Å². The molecule has 3 rings (SSSR count). The van der Waals surface area contributed by atoms with Gasteiger partial charge in [0.25, 0.3) is 5.91 Å². The average molecular weight is 421 g/mol. The number of imidazole rings is 1. The molecule has 0 spiro atoms. The van der Waals surface area contributed by atoms with Crippen molar-refractivity contribution in [2.75, 3.05) is 33.3 Å². The largest absolute Gasteiger partial charge is 0.496 e. The van der Waals surface area contributed by atoms with Crippen molar-refractivity contribution < 1.29 is 17.9 Å². The van der Waals surface area contributed by atoms with Crippen LogP contribution in [0, 0.1) is 0 Å². The second-order valence-electron chi connectivity index (χ2n) is 6.98. The van der Waals surface area contributed by atoms with Gasteiger partial charge in [0.15, 0.2) is 0 Å². The third kappa shape index (κ3) is 4.30. The van der Waals surface area contributed by atoms with E-state index in [1.807, 2.05) is 6.20 Å². The zero-order valence-corrected chi connectivity index (χ0v) is 17.9. The fourth-order valence-electron chi connectivity index (χ4n) is 3.75. The summed E-state index contributed by atoms with van der Waals surface area (Å²) < 4.78 is 34.5. The standard InChI is InChI=1S/C20H28N4O4S/c1-4-24(5-2)29(26,27)17-6-7-19(28-3)18(14-17)20(25)22-11-8-16(9-12-22)23-13-10-21-15-23/h6-7,10,13-16H,4-5,8-9,11-12H2,1-3H3. The van der Waals surface area contributed by atoms with Gasteiger partial charge in [0, 0.05) is 44.6 Å². The van der Waals surface area contributed by atoms with Crippen molar-refractivity contribution in [1.29, 1.82) is 0 Å². The van der Waals surface area contributed by atoms with Crippen LogP contribution in [-0.2, 0) is 10.0 Å². The van der Waals surface area contributed by atoms with Crippen LogP contribution in [0.25, 0.3) is 0 Å². The highest BCUT2D eigenvalue weighted by Gasteiger charge is 2.29. The van der Waals surface area contributed by atoms with E-state index in [1.54, 1.807) is 37.3 Å². The van der Waals surface area contributed by atoms with Crippen molar-refractivity contribution in [3.05, 3.63) is 42.5 Å². The van der Waals surface area contributed by atoms with E-state index in [2.05, 4.69) is 9.55 Å². The molecule has 0 atom stereocenters. The van der Waals surface area contributed by atoms with Crippen LogP contribution < -0.4 is 4.74 Å². The number of nitrogens with zero attached hydrogens (tertiary/aromatic N) is 4. The van der Waals surface area contributed by atoms with Crippen LogP contribution in [-0.4, -0.2) is 66.4 Å². The summed E-state index contributed by atoms with van der Waals surface area (Å²) in [6.07, 6.45) is 7.13. The molecule has 0 unspecified atom stereocenters. The Balaban J connectivity index is 1.83. The summed E-state index contributed by atoms with van der Waals surface area (Å²) in [5.74, 6) is 0.174. The van der Waals surface area contributed by atoms with Gasteiger partial charge < -0.3 is 14.2 Å². The minimum atomic E-state index is -3.65. The van der Waals surface area contributed by atoms with Gasteiger partial charge in [-0.2, -0.15) is 4.31 Å². The van der Waals surface area contributed by atoms with Gasteiger partial charge in [0.05, 0.1) is 23.9 Å². The molecule has 1 aliphatic heterocycles. The molecule has 9 heteroatoms. The van der Waals surface area contributed by atoms with Gasteiger partial charge in [0.2, 0.25) is 10.0 Å². The highest BCUT2D eigenvalue weighted by Crippen LogP contribution is 2.28. The van der Waals surface area contributed by atoms with Gasteiger partial charge in [-0.05, 0) is 31.0 Å². The van der Waals surface area contributed by atoms with Gasteiger partial charge in [-0.3, -0.25) is 4.79 Å². The Kier molecular flexibility index (Phi) is 6.59. The van der Waals surface area contributed by atoms with Crippen molar-refractivity contribution in [3.63, 3.8) is 0 Å². The molecule has 2 aromatic rings. The lowest BCUT2D eigenvalue weighted by Crippen LogP contribution is -2.39. The molecule has 0 radical (unpaired) electrons. The molecule has 0 N–H and O–H groups in total. The molecule has 1 saturated heterocycles. The first-order chi connectivity index (χ1) is 13.9. The Morgan fingerprint density at radius 3 is 2.48 bits per heavy atom. The molecule has 1 aliphatic rings. The number of sulfonamides is 1. The Bertz CT molecular complexity index is 931. The maximum atomic E-state index is 13.2. The zero-order valence-electron chi connectivity index (χ0n) is 17.1. The minimum absolute atomic E-state index is 0.110. The molecule has 1 amide bonds. The summed E-state index contributed by atoms with van der Waals surface area (Å²) in [7, 11) is -2.17. The predicted molar refractivity (Wildman–Crippen MR) is 110 cm³/mol. The first-order valence-corrected chi connectivity index (χ1v) is 11.3. The molecule has 8 nitrogen and oxygen atoms in total. The maximum Gasteiger partial charge on any atom is 0.257 e. The lowest BCUT2D eigenvalue weighted by Gasteiger charge is -2.33. The first-order valence-electron chi connectivity index (χ1n) is 9.87. The molecule has 0 aliphatic carbocycles. The lowest BCUT2D eigenvalue weighted by molar-refractivity contribution is 0.0691. The summed E-state index contributed by atoms with van der Waals surface area (Å²) in [5.41, 5.74) is 0.279. The normalized spacial score (nSPS) is 15.7. The van der Waals surface area contributed by atoms with E-state index in [-0.39, 0.29) is 16.4 Å². The fourth-order valence-corrected chi connectivity index (χ4v) is 5.23. The Morgan fingerprint density at radius 1 is 1.24 bits per heavy atom. The minimum Gasteiger partial charge on any atom is -0.496 e. The van der Waals surface area contributed by atoms with E-state index < -0.39 is 10.0 Å². The van der Waals surface area contributed by atoms with Crippen LogP contribution in [0.4, 0.5) is 0 Å². The number of hydrogen-bond acceptors (Lipinski definition) is 5. The number of likely N-dealkylation sites (tertiary alicyclic amines) is 1. The van der Waals surface area contributed by atoms with Crippen molar-refractivity contribution in [3.8, 4) is 5.75 Å². The van der Waals surface area contributed by atoms with Crippen LogP contribution in [0.15, 0.2) is 41.8 Å². The topological polar surface area (TPSA) is 84.7 Å². The highest BCUT2D eigenvalue weighted by atomic mass is 32.2. The summed E-state index contributed by atoms with van der Waals surface area (Å²) in [6, 6.07) is 4.81. The number of ether oxygens (including phenoxy) is 1. The van der Waals surface area contributed by atoms with Crippen LogP contribution in [0.1, 0.15) is 43.1 Å². The zero-order chi connectivity index (χ0) is 21.0. The SMILES string of the molecule is CCN(CC)S(=O)(=O)c1ccc(OC)c(C(=O)N2CCC(n3ccnc3)CC2)c1. The molecule has 0 bridgehead atoms. The van der Waals surface area contributed by atoms with Gasteiger partial charge in [0.1, 0.15) is 5.75 Å². The van der Waals surface area contributed by atoms with Crippen LogP contribution in [0.2, 0.25) is 0 Å². The van der Waals surface area contributed by atoms with E-state index in [9.17, 15) is 13.2 Å². The molecule has 1 aromatic carbocycles. The van der Waals surface area contributed by atoms with E-state index in [1.165, 1.54) is 23.5 Å². The third-order valence-corrected chi connectivity index (χ3v) is 7.49. The fraction of sp³-hybridized carbons (Fsp3) is 0.500. The van der Waals surface area contributed by atoms with Crippen molar-refractivity contribution in [2.45, 2.75) is 37.6 Å². The summed E-state index contributed by atoms with van der Waals surface area (Å²) in [6.45, 7) is 5.52. The quantitative estimate of drug-likeness (QED) is 0.687. The maximum absolute atomic E-state index is 13.2. The lowest BCUT2D eigenvalue weighted by atomic mass is 10.0. The Hall–Kier alpha value is -2.39. The predicted octanol–water partition coefficient (Wildman–Crippen LogP) is 2.40. The van der Waals surface area contributed by atoms with E-state index in [0.717, 1.165) is 12.8 Å². The molecule has 0 saturated carbocycles. The van der Waals surface area contributed by atoms with Crippen molar-refractivity contribution in [1.82, 2.24) is 18.8 Å². The summed E-state index contributed by atoms with van der Waals surface area (Å²) in [4.78, 5) is 19.1. The molecule has 1 fully saturated rings. The molecule has 2 heterocycles. The number of methoxy groups -OCH3 is 1. The van der Waals surface area contributed by atoms with E-state index in [0.29, 0.717) is 38.0 Å². The monoisotopic (exact) mass is 420 g/mol. The molecular weight excluding hydrogens is 392 g/mol. The second kappa shape index (κ2) is 8.96. The van der Waals surface area contributed by atoms with E-state index in [4.69, 9.17) is 4.74 Å². The first kappa shape index (κ1) is 21.3.